The van der Waals surface area contributed by atoms with Crippen molar-refractivity contribution in [2.45, 2.75) is 6.54 Å². The molecule has 0 spiro atoms. The summed E-state index contributed by atoms with van der Waals surface area (Å²) in [6, 6.07) is 8.64. The average Bonchev–Trinajstić information content (AvgIpc) is 2.45. The lowest BCUT2D eigenvalue weighted by molar-refractivity contribution is -0.384. The molecule has 0 fully saturated rings. The van der Waals surface area contributed by atoms with Gasteiger partial charge in [-0.05, 0) is 11.6 Å². The van der Waals surface area contributed by atoms with Gasteiger partial charge in [-0.25, -0.2) is 0 Å². The van der Waals surface area contributed by atoms with Crippen LogP contribution >= 0.6 is 0 Å². The van der Waals surface area contributed by atoms with Crippen molar-refractivity contribution in [2.75, 3.05) is 0 Å². The van der Waals surface area contributed by atoms with Crippen LogP contribution < -0.4 is 10.9 Å². The maximum absolute atomic E-state index is 11.8. The third kappa shape index (κ3) is 3.29. The zero-order valence-electron chi connectivity index (χ0n) is 10.3. The standard InChI is InChI=1S/C13H11N3O4/c17-12-7-10(4-5-14-12)13(18)15-8-9-2-1-3-11(6-9)16(19)20/h1-7H,8H2,(H,14,17)(H,15,18). The lowest BCUT2D eigenvalue weighted by atomic mass is 10.2. The van der Waals surface area contributed by atoms with Gasteiger partial charge < -0.3 is 10.3 Å². The van der Waals surface area contributed by atoms with Gasteiger partial charge in [0.1, 0.15) is 0 Å². The molecule has 1 heterocycles. The first-order valence-electron chi connectivity index (χ1n) is 5.76. The molecule has 1 amide bonds. The van der Waals surface area contributed by atoms with Crippen LogP contribution in [0.2, 0.25) is 0 Å². The summed E-state index contributed by atoms with van der Waals surface area (Å²) in [4.78, 5) is 35.4. The predicted molar refractivity (Wildman–Crippen MR) is 71.3 cm³/mol. The topological polar surface area (TPSA) is 105 Å². The smallest absolute Gasteiger partial charge is 0.269 e. The molecule has 0 aliphatic heterocycles. The highest BCUT2D eigenvalue weighted by atomic mass is 16.6. The summed E-state index contributed by atoms with van der Waals surface area (Å²) in [5.41, 5.74) is 0.442. The van der Waals surface area contributed by atoms with E-state index in [2.05, 4.69) is 10.3 Å². The fourth-order valence-electron chi connectivity index (χ4n) is 1.65. The van der Waals surface area contributed by atoms with Gasteiger partial charge in [-0.1, -0.05) is 12.1 Å². The van der Waals surface area contributed by atoms with Gasteiger partial charge in [0.05, 0.1) is 4.92 Å². The van der Waals surface area contributed by atoms with Crippen molar-refractivity contribution < 1.29 is 9.72 Å². The van der Waals surface area contributed by atoms with Gasteiger partial charge >= 0.3 is 0 Å². The van der Waals surface area contributed by atoms with Crippen molar-refractivity contribution in [2.24, 2.45) is 0 Å². The number of benzene rings is 1. The minimum absolute atomic E-state index is 0.0343. The van der Waals surface area contributed by atoms with Crippen LogP contribution in [0.3, 0.4) is 0 Å². The van der Waals surface area contributed by atoms with E-state index in [1.807, 2.05) is 0 Å². The number of carbonyl (C=O) groups excluding carboxylic acids is 1. The summed E-state index contributed by atoms with van der Waals surface area (Å²) >= 11 is 0. The fraction of sp³-hybridized carbons (Fsp3) is 0.0769. The van der Waals surface area contributed by atoms with Gasteiger partial charge in [0.15, 0.2) is 0 Å². The minimum atomic E-state index is -0.498. The van der Waals surface area contributed by atoms with E-state index in [1.54, 1.807) is 12.1 Å². The second-order valence-corrected chi connectivity index (χ2v) is 4.05. The zero-order valence-corrected chi connectivity index (χ0v) is 10.3. The Morgan fingerprint density at radius 1 is 1.30 bits per heavy atom. The van der Waals surface area contributed by atoms with Gasteiger partial charge in [0, 0.05) is 36.5 Å². The van der Waals surface area contributed by atoms with Gasteiger partial charge in [0.25, 0.3) is 11.6 Å². The molecule has 2 aromatic rings. The Bertz CT molecular complexity index is 709. The highest BCUT2D eigenvalue weighted by Gasteiger charge is 2.08. The summed E-state index contributed by atoms with van der Waals surface area (Å²) in [7, 11) is 0. The fourth-order valence-corrected chi connectivity index (χ4v) is 1.65. The van der Waals surface area contributed by atoms with Crippen molar-refractivity contribution >= 4 is 11.6 Å². The normalized spacial score (nSPS) is 10.0. The monoisotopic (exact) mass is 273 g/mol. The van der Waals surface area contributed by atoms with Crippen molar-refractivity contribution in [3.63, 3.8) is 0 Å². The van der Waals surface area contributed by atoms with E-state index >= 15 is 0 Å². The maximum atomic E-state index is 11.8. The first-order chi connectivity index (χ1) is 9.56. The molecule has 1 aromatic carbocycles. The Morgan fingerprint density at radius 2 is 2.10 bits per heavy atom. The SMILES string of the molecule is O=C(NCc1cccc([N+](=O)[O-])c1)c1cc[nH]c(=O)c1. The quantitative estimate of drug-likeness (QED) is 0.645. The minimum Gasteiger partial charge on any atom is -0.348 e. The molecule has 0 atom stereocenters. The Morgan fingerprint density at radius 3 is 2.80 bits per heavy atom. The number of nitrogens with one attached hydrogen (secondary N) is 2. The van der Waals surface area contributed by atoms with Crippen LogP contribution in [0.5, 0.6) is 0 Å². The number of aromatic nitrogens is 1. The van der Waals surface area contributed by atoms with E-state index in [0.29, 0.717) is 5.56 Å². The van der Waals surface area contributed by atoms with Crippen molar-refractivity contribution in [3.8, 4) is 0 Å². The van der Waals surface area contributed by atoms with Crippen molar-refractivity contribution in [1.29, 1.82) is 0 Å². The molecule has 2 N–H and O–H groups in total. The zero-order chi connectivity index (χ0) is 14.5. The van der Waals surface area contributed by atoms with E-state index in [4.69, 9.17) is 0 Å². The first kappa shape index (κ1) is 13.5. The number of amides is 1. The molecule has 0 aliphatic carbocycles. The van der Waals surface area contributed by atoms with E-state index < -0.39 is 10.8 Å². The lowest BCUT2D eigenvalue weighted by Crippen LogP contribution is -2.24. The second kappa shape index (κ2) is 5.79. The van der Waals surface area contributed by atoms with Crippen LogP contribution in [-0.2, 0) is 6.54 Å². The molecule has 7 heteroatoms. The number of rotatable bonds is 4. The molecule has 7 nitrogen and oxygen atoms in total. The summed E-state index contributed by atoms with van der Waals surface area (Å²) < 4.78 is 0. The molecule has 0 unspecified atom stereocenters. The van der Waals surface area contributed by atoms with Crippen LogP contribution in [0.1, 0.15) is 15.9 Å². The largest absolute Gasteiger partial charge is 0.348 e. The maximum Gasteiger partial charge on any atom is 0.269 e. The number of nitro groups is 1. The van der Waals surface area contributed by atoms with Gasteiger partial charge in [-0.15, -0.1) is 0 Å². The molecule has 20 heavy (non-hydrogen) atoms. The summed E-state index contributed by atoms with van der Waals surface area (Å²) in [6.07, 6.45) is 1.38. The number of aromatic amines is 1. The third-order valence-electron chi connectivity index (χ3n) is 2.61. The molecule has 0 aliphatic rings. The molecule has 0 saturated heterocycles. The summed E-state index contributed by atoms with van der Waals surface area (Å²) in [5.74, 6) is -0.414. The van der Waals surface area contributed by atoms with Crippen LogP contribution in [0.15, 0.2) is 47.4 Å². The summed E-state index contributed by atoms with van der Waals surface area (Å²) in [6.45, 7) is 0.146. The van der Waals surface area contributed by atoms with Gasteiger partial charge in [-0.2, -0.15) is 0 Å². The number of nitro benzene ring substituents is 1. The third-order valence-corrected chi connectivity index (χ3v) is 2.61. The molecule has 0 radical (unpaired) electrons. The molecule has 102 valence electrons. The van der Waals surface area contributed by atoms with Gasteiger partial charge in [0.2, 0.25) is 5.56 Å². The number of nitrogens with zero attached hydrogens (tertiary/aromatic N) is 1. The Labute approximate surface area is 113 Å². The van der Waals surface area contributed by atoms with Crippen molar-refractivity contribution in [3.05, 3.63) is 74.2 Å². The first-order valence-corrected chi connectivity index (χ1v) is 5.76. The number of H-pyrrole nitrogens is 1. The van der Waals surface area contributed by atoms with E-state index in [9.17, 15) is 19.7 Å². The number of pyridine rings is 1. The Kier molecular flexibility index (Phi) is 3.90. The Balaban J connectivity index is 2.05. The molecule has 2 rings (SSSR count). The van der Waals surface area contributed by atoms with E-state index in [0.717, 1.165) is 0 Å². The van der Waals surface area contributed by atoms with E-state index in [-0.39, 0.29) is 23.4 Å². The molecule has 0 bridgehead atoms. The van der Waals surface area contributed by atoms with Crippen molar-refractivity contribution in [1.82, 2.24) is 10.3 Å². The van der Waals surface area contributed by atoms with Gasteiger partial charge in [-0.3, -0.25) is 19.7 Å². The molecular formula is C13H11N3O4. The van der Waals surface area contributed by atoms with Crippen LogP contribution in [-0.4, -0.2) is 15.8 Å². The lowest BCUT2D eigenvalue weighted by Gasteiger charge is -2.05. The number of hydrogen-bond donors (Lipinski definition) is 2. The van der Waals surface area contributed by atoms with Crippen LogP contribution in [0, 0.1) is 10.1 Å². The number of carbonyl (C=O) groups is 1. The molecular weight excluding hydrogens is 262 g/mol. The highest BCUT2D eigenvalue weighted by Crippen LogP contribution is 2.12. The van der Waals surface area contributed by atoms with Crippen LogP contribution in [0.4, 0.5) is 5.69 Å². The average molecular weight is 273 g/mol. The van der Waals surface area contributed by atoms with E-state index in [1.165, 1.54) is 30.5 Å². The number of non-ortho nitro benzene ring substituents is 1. The molecule has 0 saturated carbocycles. The highest BCUT2D eigenvalue weighted by molar-refractivity contribution is 5.93. The second-order valence-electron chi connectivity index (χ2n) is 4.05. The molecule has 1 aromatic heterocycles. The summed E-state index contributed by atoms with van der Waals surface area (Å²) in [5, 5.41) is 13.2. The van der Waals surface area contributed by atoms with Crippen LogP contribution in [0.25, 0.3) is 0 Å². The predicted octanol–water partition coefficient (Wildman–Crippen LogP) is 1.21. The number of hydrogen-bond acceptors (Lipinski definition) is 4. The Hall–Kier alpha value is -2.96.